The molecule has 0 fully saturated rings. The monoisotopic (exact) mass is 359 g/mol. The van der Waals surface area contributed by atoms with E-state index in [1.54, 1.807) is 0 Å². The van der Waals surface area contributed by atoms with E-state index >= 15 is 0 Å². The van der Waals surface area contributed by atoms with E-state index in [1.807, 2.05) is 0 Å². The van der Waals surface area contributed by atoms with E-state index in [2.05, 4.69) is 5.32 Å². The number of carbonyl (C=O) groups is 2. The van der Waals surface area contributed by atoms with Crippen molar-refractivity contribution in [3.05, 3.63) is 12.1 Å². The first-order chi connectivity index (χ1) is 12.0. The van der Waals surface area contributed by atoms with Crippen LogP contribution in [0, 0.1) is 0 Å². The third-order valence-corrected chi connectivity index (χ3v) is 2.98. The van der Waals surface area contributed by atoms with Gasteiger partial charge in [0.25, 0.3) is 0 Å². The van der Waals surface area contributed by atoms with E-state index in [0.717, 1.165) is 0 Å². The summed E-state index contributed by atoms with van der Waals surface area (Å²) >= 11 is 0. The summed E-state index contributed by atoms with van der Waals surface area (Å²) in [5, 5.41) is 21.3. The van der Waals surface area contributed by atoms with Gasteiger partial charge in [-0.05, 0) is 6.42 Å². The van der Waals surface area contributed by atoms with Crippen LogP contribution in [0.25, 0.3) is 0 Å². The van der Waals surface area contributed by atoms with E-state index < -0.39 is 17.7 Å². The van der Waals surface area contributed by atoms with Gasteiger partial charge in [-0.2, -0.15) is 0 Å². The van der Waals surface area contributed by atoms with Crippen LogP contribution in [0.15, 0.2) is 12.1 Å². The summed E-state index contributed by atoms with van der Waals surface area (Å²) < 4.78 is 11.0. The van der Waals surface area contributed by atoms with Crippen molar-refractivity contribution in [3.63, 3.8) is 0 Å². The highest BCUT2D eigenvalue weighted by atomic mass is 16.7. The summed E-state index contributed by atoms with van der Waals surface area (Å²) in [4.78, 5) is 27.9. The van der Waals surface area contributed by atoms with Gasteiger partial charge in [0, 0.05) is 38.1 Å². The van der Waals surface area contributed by atoms with Crippen LogP contribution in [0.5, 0.6) is 11.8 Å². The fourth-order valence-corrected chi connectivity index (χ4v) is 1.79. The highest BCUT2D eigenvalue weighted by molar-refractivity contribution is 5.77. The normalized spacial score (nSPS) is 10.6. The first kappa shape index (κ1) is 20.7. The van der Waals surface area contributed by atoms with Crippen LogP contribution in [0.1, 0.15) is 19.3 Å². The molecule has 10 heteroatoms. The predicted molar refractivity (Wildman–Crippen MR) is 86.9 cm³/mol. The fourth-order valence-electron chi connectivity index (χ4n) is 1.79. The minimum Gasteiger partial charge on any atom is -0.492 e. The lowest BCUT2D eigenvalue weighted by molar-refractivity contribution is -0.145. The van der Waals surface area contributed by atoms with Crippen LogP contribution in [-0.4, -0.2) is 66.3 Å². The van der Waals surface area contributed by atoms with Crippen LogP contribution in [0.2, 0.25) is 0 Å². The molecule has 0 radical (unpaired) electrons. The Morgan fingerprint density at radius 3 is 2.32 bits per heavy atom. The second kappa shape index (κ2) is 12.1. The predicted octanol–water partition coefficient (Wildman–Crippen LogP) is -0.867. The molecule has 0 unspecified atom stereocenters. The van der Waals surface area contributed by atoms with E-state index in [4.69, 9.17) is 20.0 Å². The SMILES string of the molecule is NCCOCCOCCNC(=O)CCCC(=O)On1c(O)ccc1O. The number of aromatic hydroxyl groups is 2. The van der Waals surface area contributed by atoms with Gasteiger partial charge in [-0.1, -0.05) is 0 Å². The molecule has 5 N–H and O–H groups in total. The van der Waals surface area contributed by atoms with Crippen LogP contribution in [0.3, 0.4) is 0 Å². The lowest BCUT2D eigenvalue weighted by Gasteiger charge is -2.08. The Morgan fingerprint density at radius 1 is 1.04 bits per heavy atom. The number of amides is 1. The largest absolute Gasteiger partial charge is 0.492 e. The van der Waals surface area contributed by atoms with Crippen molar-refractivity contribution in [1.82, 2.24) is 10.0 Å². The molecule has 1 amide bonds. The molecule has 0 spiro atoms. The molecular formula is C15H25N3O7. The number of rotatable bonds is 13. The summed E-state index contributed by atoms with van der Waals surface area (Å²) in [6.07, 6.45) is 0.402. The van der Waals surface area contributed by atoms with Crippen LogP contribution in [0.4, 0.5) is 0 Å². The number of nitrogens with two attached hydrogens (primary N) is 1. The molecule has 0 aliphatic heterocycles. The molecule has 1 aromatic heterocycles. The maximum atomic E-state index is 11.6. The maximum absolute atomic E-state index is 11.6. The smallest absolute Gasteiger partial charge is 0.333 e. The van der Waals surface area contributed by atoms with E-state index in [0.29, 0.717) is 44.2 Å². The molecule has 0 atom stereocenters. The molecule has 0 saturated heterocycles. The van der Waals surface area contributed by atoms with Gasteiger partial charge in [0.1, 0.15) is 0 Å². The van der Waals surface area contributed by atoms with Crippen molar-refractivity contribution in [2.45, 2.75) is 19.3 Å². The number of nitrogens with one attached hydrogen (secondary N) is 1. The number of ether oxygens (including phenoxy) is 2. The van der Waals surface area contributed by atoms with Crippen LogP contribution < -0.4 is 15.9 Å². The lowest BCUT2D eigenvalue weighted by Crippen LogP contribution is -2.28. The number of hydrogen-bond acceptors (Lipinski definition) is 8. The molecule has 142 valence electrons. The average Bonchev–Trinajstić information content (AvgIpc) is 2.89. The third-order valence-electron chi connectivity index (χ3n) is 2.98. The summed E-state index contributed by atoms with van der Waals surface area (Å²) in [6, 6.07) is 2.37. The number of nitrogens with zero attached hydrogens (tertiary/aromatic N) is 1. The summed E-state index contributed by atoms with van der Waals surface area (Å²) in [5.41, 5.74) is 5.26. The zero-order valence-electron chi connectivity index (χ0n) is 14.0. The Bertz CT molecular complexity index is 514. The molecular weight excluding hydrogens is 334 g/mol. The van der Waals surface area contributed by atoms with Crippen molar-refractivity contribution in [2.75, 3.05) is 39.5 Å². The maximum Gasteiger partial charge on any atom is 0.333 e. The van der Waals surface area contributed by atoms with E-state index in [-0.39, 0.29) is 25.2 Å². The molecule has 0 aliphatic carbocycles. The van der Waals surface area contributed by atoms with E-state index in [9.17, 15) is 19.8 Å². The third kappa shape index (κ3) is 8.94. The molecule has 0 bridgehead atoms. The molecule has 10 nitrogen and oxygen atoms in total. The molecule has 1 heterocycles. The van der Waals surface area contributed by atoms with Crippen LogP contribution in [-0.2, 0) is 19.1 Å². The zero-order chi connectivity index (χ0) is 18.5. The molecule has 1 rings (SSSR count). The van der Waals surface area contributed by atoms with Gasteiger partial charge in [0.2, 0.25) is 17.7 Å². The Hall–Kier alpha value is -2.30. The van der Waals surface area contributed by atoms with Gasteiger partial charge in [0.15, 0.2) is 0 Å². The van der Waals surface area contributed by atoms with E-state index in [1.165, 1.54) is 12.1 Å². The highest BCUT2D eigenvalue weighted by Gasteiger charge is 2.12. The minimum absolute atomic E-state index is 0.0283. The topological polar surface area (TPSA) is 145 Å². The first-order valence-corrected chi connectivity index (χ1v) is 7.97. The molecule has 1 aromatic rings. The van der Waals surface area contributed by atoms with Crippen molar-refractivity contribution in [2.24, 2.45) is 5.73 Å². The van der Waals surface area contributed by atoms with Crippen molar-refractivity contribution in [1.29, 1.82) is 0 Å². The van der Waals surface area contributed by atoms with Gasteiger partial charge >= 0.3 is 5.97 Å². The quantitative estimate of drug-likeness (QED) is 0.333. The Kier molecular flexibility index (Phi) is 10.1. The lowest BCUT2D eigenvalue weighted by atomic mass is 10.2. The Labute approximate surface area is 145 Å². The molecule has 0 aromatic carbocycles. The van der Waals surface area contributed by atoms with Crippen molar-refractivity contribution < 1.29 is 34.1 Å². The zero-order valence-corrected chi connectivity index (χ0v) is 14.0. The first-order valence-electron chi connectivity index (χ1n) is 7.97. The second-order valence-electron chi connectivity index (χ2n) is 5.02. The number of carbonyl (C=O) groups excluding carboxylic acids is 2. The van der Waals surface area contributed by atoms with Crippen LogP contribution >= 0.6 is 0 Å². The Balaban J connectivity index is 2.02. The van der Waals surface area contributed by atoms with Gasteiger partial charge in [-0.15, -0.1) is 4.73 Å². The molecule has 0 saturated carbocycles. The van der Waals surface area contributed by atoms with Crippen molar-refractivity contribution in [3.8, 4) is 11.8 Å². The van der Waals surface area contributed by atoms with Crippen molar-refractivity contribution >= 4 is 11.9 Å². The van der Waals surface area contributed by atoms with Gasteiger partial charge in [-0.25, -0.2) is 4.79 Å². The van der Waals surface area contributed by atoms with Gasteiger partial charge in [-0.3, -0.25) is 4.79 Å². The highest BCUT2D eigenvalue weighted by Crippen LogP contribution is 2.18. The summed E-state index contributed by atoms with van der Waals surface area (Å²) in [7, 11) is 0. The summed E-state index contributed by atoms with van der Waals surface area (Å²) in [6.45, 7) is 2.58. The minimum atomic E-state index is -0.671. The Morgan fingerprint density at radius 2 is 1.68 bits per heavy atom. The number of aromatic nitrogens is 1. The summed E-state index contributed by atoms with van der Waals surface area (Å²) in [5.74, 6) is -1.66. The second-order valence-corrected chi connectivity index (χ2v) is 5.02. The molecule has 0 aliphatic rings. The van der Waals surface area contributed by atoms with Gasteiger partial charge in [0.05, 0.1) is 26.4 Å². The number of hydrogen-bond donors (Lipinski definition) is 4. The standard InChI is InChI=1S/C15H25N3O7/c16-6-8-23-10-11-24-9-7-17-12(19)2-1-3-15(22)25-18-13(20)4-5-14(18)21/h4-5,20-21H,1-3,6-11,16H2,(H,17,19). The fraction of sp³-hybridized carbons (Fsp3) is 0.600. The van der Waals surface area contributed by atoms with Gasteiger partial charge < -0.3 is 35.6 Å². The average molecular weight is 359 g/mol. The molecule has 25 heavy (non-hydrogen) atoms.